The van der Waals surface area contributed by atoms with Gasteiger partial charge in [-0.2, -0.15) is 0 Å². The summed E-state index contributed by atoms with van der Waals surface area (Å²) in [6.45, 7) is 2.66. The third-order valence-corrected chi connectivity index (χ3v) is 3.39. The maximum absolute atomic E-state index is 12.6. The molecule has 2 aliphatic heterocycles. The van der Waals surface area contributed by atoms with Gasteiger partial charge in [0.25, 0.3) is 0 Å². The number of halogens is 1. The molecule has 0 aromatic rings. The van der Waals surface area contributed by atoms with Gasteiger partial charge in [0.1, 0.15) is 0 Å². The van der Waals surface area contributed by atoms with E-state index in [4.69, 9.17) is 0 Å². The largest absolute Gasteiger partial charge is 0.297 e. The number of hydrogen-bond acceptors (Lipinski definition) is 1. The highest BCUT2D eigenvalue weighted by Gasteiger charge is 2.38. The van der Waals surface area contributed by atoms with Gasteiger partial charge < -0.3 is 0 Å². The minimum absolute atomic E-state index is 0.620. The average Bonchev–Trinajstić information content (AvgIpc) is 2.59. The van der Waals surface area contributed by atoms with Gasteiger partial charge in [-0.25, -0.2) is 4.39 Å². The standard InChI is InChI=1S/C10H18FN/c1-8(11)6-7-12-9-2-3-10(12)5-4-9/h8-10H,2-7H2,1H3. The van der Waals surface area contributed by atoms with Crippen molar-refractivity contribution in [3.63, 3.8) is 0 Å². The lowest BCUT2D eigenvalue weighted by atomic mass is 10.0. The molecule has 2 heteroatoms. The second-order valence-corrected chi connectivity index (χ2v) is 4.27. The van der Waals surface area contributed by atoms with Gasteiger partial charge >= 0.3 is 0 Å². The van der Waals surface area contributed by atoms with E-state index in [0.717, 1.165) is 25.0 Å². The van der Waals surface area contributed by atoms with Crippen LogP contribution in [0.5, 0.6) is 0 Å². The Bertz CT molecular complexity index is 138. The molecule has 0 saturated carbocycles. The zero-order valence-corrected chi connectivity index (χ0v) is 7.80. The van der Waals surface area contributed by atoms with E-state index >= 15 is 0 Å². The molecular formula is C10H18FN. The predicted molar refractivity (Wildman–Crippen MR) is 47.9 cm³/mol. The van der Waals surface area contributed by atoms with Crippen LogP contribution in [-0.2, 0) is 0 Å². The zero-order chi connectivity index (χ0) is 8.55. The van der Waals surface area contributed by atoms with Crippen molar-refractivity contribution < 1.29 is 4.39 Å². The average molecular weight is 171 g/mol. The number of rotatable bonds is 3. The van der Waals surface area contributed by atoms with Crippen LogP contribution in [-0.4, -0.2) is 29.7 Å². The molecule has 1 atom stereocenters. The Kier molecular flexibility index (Phi) is 2.35. The lowest BCUT2D eigenvalue weighted by molar-refractivity contribution is 0.216. The Morgan fingerprint density at radius 1 is 1.25 bits per heavy atom. The van der Waals surface area contributed by atoms with E-state index in [0.29, 0.717) is 0 Å². The molecule has 2 heterocycles. The van der Waals surface area contributed by atoms with Crippen molar-refractivity contribution in [3.05, 3.63) is 0 Å². The summed E-state index contributed by atoms with van der Waals surface area (Å²) in [4.78, 5) is 2.54. The van der Waals surface area contributed by atoms with Crippen LogP contribution in [0.2, 0.25) is 0 Å². The fraction of sp³-hybridized carbons (Fsp3) is 1.00. The van der Waals surface area contributed by atoms with Crippen LogP contribution in [0.15, 0.2) is 0 Å². The van der Waals surface area contributed by atoms with Crippen molar-refractivity contribution >= 4 is 0 Å². The molecular weight excluding hydrogens is 153 g/mol. The molecule has 0 aromatic heterocycles. The molecule has 2 rings (SSSR count). The summed E-state index contributed by atoms with van der Waals surface area (Å²) >= 11 is 0. The molecule has 12 heavy (non-hydrogen) atoms. The van der Waals surface area contributed by atoms with E-state index in [1.807, 2.05) is 0 Å². The van der Waals surface area contributed by atoms with Crippen molar-refractivity contribution in [2.24, 2.45) is 0 Å². The molecule has 0 amide bonds. The van der Waals surface area contributed by atoms with E-state index in [1.54, 1.807) is 6.92 Å². The van der Waals surface area contributed by atoms with E-state index in [9.17, 15) is 4.39 Å². The van der Waals surface area contributed by atoms with E-state index in [1.165, 1.54) is 25.7 Å². The van der Waals surface area contributed by atoms with Gasteiger partial charge in [0.15, 0.2) is 0 Å². The van der Waals surface area contributed by atoms with Crippen LogP contribution in [0.1, 0.15) is 39.0 Å². The maximum Gasteiger partial charge on any atom is 0.0985 e. The molecule has 1 unspecified atom stereocenters. The van der Waals surface area contributed by atoms with Crippen LogP contribution < -0.4 is 0 Å². The summed E-state index contributed by atoms with van der Waals surface area (Å²) in [5.74, 6) is 0. The Morgan fingerprint density at radius 2 is 1.75 bits per heavy atom. The molecule has 0 spiro atoms. The number of alkyl halides is 1. The van der Waals surface area contributed by atoms with Gasteiger partial charge in [0.05, 0.1) is 6.17 Å². The highest BCUT2D eigenvalue weighted by molar-refractivity contribution is 4.94. The van der Waals surface area contributed by atoms with E-state index in [2.05, 4.69) is 4.90 Å². The van der Waals surface area contributed by atoms with Gasteiger partial charge in [-0.15, -0.1) is 0 Å². The van der Waals surface area contributed by atoms with Crippen LogP contribution in [0.25, 0.3) is 0 Å². The van der Waals surface area contributed by atoms with Crippen molar-refractivity contribution in [2.75, 3.05) is 6.54 Å². The highest BCUT2D eigenvalue weighted by atomic mass is 19.1. The molecule has 2 bridgehead atoms. The molecule has 2 fully saturated rings. The Labute approximate surface area is 73.9 Å². The summed E-state index contributed by atoms with van der Waals surface area (Å²) in [5, 5.41) is 0. The monoisotopic (exact) mass is 171 g/mol. The Morgan fingerprint density at radius 3 is 2.17 bits per heavy atom. The highest BCUT2D eigenvalue weighted by Crippen LogP contribution is 2.37. The first-order valence-electron chi connectivity index (χ1n) is 5.17. The fourth-order valence-corrected chi connectivity index (χ4v) is 2.71. The summed E-state index contributed by atoms with van der Waals surface area (Å²) in [7, 11) is 0. The summed E-state index contributed by atoms with van der Waals surface area (Å²) in [5.41, 5.74) is 0. The number of nitrogens with zero attached hydrogens (tertiary/aromatic N) is 1. The SMILES string of the molecule is CC(F)CCN1C2CCC1CC2. The zero-order valence-electron chi connectivity index (χ0n) is 7.80. The first-order chi connectivity index (χ1) is 5.77. The summed E-state index contributed by atoms with van der Waals surface area (Å²) in [6, 6.07) is 1.63. The van der Waals surface area contributed by atoms with Crippen molar-refractivity contribution in [3.8, 4) is 0 Å². The Hall–Kier alpha value is -0.110. The van der Waals surface area contributed by atoms with Gasteiger partial charge in [-0.05, 0) is 39.0 Å². The smallest absolute Gasteiger partial charge is 0.0985 e. The van der Waals surface area contributed by atoms with Crippen molar-refractivity contribution in [1.29, 1.82) is 0 Å². The van der Waals surface area contributed by atoms with Crippen LogP contribution in [0.4, 0.5) is 4.39 Å². The first kappa shape index (κ1) is 8.49. The maximum atomic E-state index is 12.6. The van der Waals surface area contributed by atoms with E-state index < -0.39 is 6.17 Å². The molecule has 0 radical (unpaired) electrons. The fourth-order valence-electron chi connectivity index (χ4n) is 2.71. The van der Waals surface area contributed by atoms with Crippen LogP contribution >= 0.6 is 0 Å². The van der Waals surface area contributed by atoms with Crippen molar-refractivity contribution in [2.45, 2.75) is 57.3 Å². The molecule has 0 aliphatic carbocycles. The lowest BCUT2D eigenvalue weighted by Gasteiger charge is -2.21. The Balaban J connectivity index is 1.81. The normalized spacial score (nSPS) is 37.5. The van der Waals surface area contributed by atoms with Gasteiger partial charge in [-0.3, -0.25) is 4.90 Å². The molecule has 2 saturated heterocycles. The second kappa shape index (κ2) is 3.33. The molecule has 0 aromatic carbocycles. The predicted octanol–water partition coefficient (Wildman–Crippen LogP) is 2.36. The van der Waals surface area contributed by atoms with E-state index in [-0.39, 0.29) is 0 Å². The first-order valence-corrected chi connectivity index (χ1v) is 5.17. The van der Waals surface area contributed by atoms with Crippen LogP contribution in [0, 0.1) is 0 Å². The summed E-state index contributed by atoms with van der Waals surface area (Å²) < 4.78 is 12.6. The quantitative estimate of drug-likeness (QED) is 0.630. The minimum Gasteiger partial charge on any atom is -0.297 e. The van der Waals surface area contributed by atoms with Crippen LogP contribution in [0.3, 0.4) is 0 Å². The molecule has 1 nitrogen and oxygen atoms in total. The number of hydrogen-bond donors (Lipinski definition) is 0. The minimum atomic E-state index is -0.620. The van der Waals surface area contributed by atoms with Gasteiger partial charge in [0.2, 0.25) is 0 Å². The van der Waals surface area contributed by atoms with Crippen molar-refractivity contribution in [1.82, 2.24) is 4.90 Å². The topological polar surface area (TPSA) is 3.24 Å². The second-order valence-electron chi connectivity index (χ2n) is 4.27. The third-order valence-electron chi connectivity index (χ3n) is 3.39. The number of fused-ring (bicyclic) bond motifs is 2. The lowest BCUT2D eigenvalue weighted by Crippen LogP contribution is -2.30. The summed E-state index contributed by atoms with van der Waals surface area (Å²) in [6.07, 6.45) is 5.57. The third kappa shape index (κ3) is 1.49. The molecule has 2 aliphatic rings. The molecule has 70 valence electrons. The molecule has 0 N–H and O–H groups in total. The van der Waals surface area contributed by atoms with Gasteiger partial charge in [-0.1, -0.05) is 0 Å². The van der Waals surface area contributed by atoms with Gasteiger partial charge in [0, 0.05) is 18.6 Å².